The van der Waals surface area contributed by atoms with Gasteiger partial charge < -0.3 is 5.11 Å². The Morgan fingerprint density at radius 2 is 1.80 bits per heavy atom. The summed E-state index contributed by atoms with van der Waals surface area (Å²) >= 11 is 4.29. The number of aliphatic hydroxyl groups is 1. The van der Waals surface area contributed by atoms with Crippen LogP contribution in [0.5, 0.6) is 0 Å². The third kappa shape index (κ3) is 2.37. The van der Waals surface area contributed by atoms with Crippen LogP contribution < -0.4 is 0 Å². The summed E-state index contributed by atoms with van der Waals surface area (Å²) in [5.41, 5.74) is -0.0581. The number of hydrogen-bond acceptors (Lipinski definition) is 2. The van der Waals surface area contributed by atoms with Crippen LogP contribution in [-0.2, 0) is 0 Å². The minimum absolute atomic E-state index is 0.0438. The van der Waals surface area contributed by atoms with E-state index in [1.165, 1.54) is 11.3 Å². The number of thiophene rings is 1. The van der Waals surface area contributed by atoms with Crippen molar-refractivity contribution in [1.29, 1.82) is 0 Å². The van der Waals surface area contributed by atoms with Crippen LogP contribution in [0, 0.1) is 11.6 Å². The highest BCUT2D eigenvalue weighted by Gasteiger charge is 2.19. The van der Waals surface area contributed by atoms with E-state index in [-0.39, 0.29) is 10.0 Å². The lowest BCUT2D eigenvalue weighted by atomic mass is 10.1. The molecule has 2 aromatic carbocycles. The molecule has 3 rings (SSSR count). The maximum absolute atomic E-state index is 13.9. The Labute approximate surface area is 126 Å². The van der Waals surface area contributed by atoms with Crippen LogP contribution >= 0.6 is 27.3 Å². The smallest absolute Gasteiger partial charge is 0.137 e. The Morgan fingerprint density at radius 1 is 1.05 bits per heavy atom. The van der Waals surface area contributed by atoms with Gasteiger partial charge in [0.1, 0.15) is 17.7 Å². The summed E-state index contributed by atoms with van der Waals surface area (Å²) in [6.07, 6.45) is -1.17. The molecule has 3 aromatic rings. The molecule has 1 unspecified atom stereocenters. The minimum Gasteiger partial charge on any atom is -0.383 e. The molecule has 1 N–H and O–H groups in total. The number of rotatable bonds is 2. The molecule has 102 valence electrons. The van der Waals surface area contributed by atoms with Gasteiger partial charge >= 0.3 is 0 Å². The van der Waals surface area contributed by atoms with E-state index in [2.05, 4.69) is 15.9 Å². The molecule has 0 fully saturated rings. The van der Waals surface area contributed by atoms with Crippen molar-refractivity contribution >= 4 is 37.4 Å². The zero-order valence-corrected chi connectivity index (χ0v) is 12.5. The van der Waals surface area contributed by atoms with Crippen molar-refractivity contribution in [3.05, 3.63) is 69.0 Å². The summed E-state index contributed by atoms with van der Waals surface area (Å²) in [5.74, 6) is -1.23. The maximum Gasteiger partial charge on any atom is 0.137 e. The van der Waals surface area contributed by atoms with E-state index >= 15 is 0 Å². The van der Waals surface area contributed by atoms with Crippen LogP contribution in [0.4, 0.5) is 8.78 Å². The normalized spacial score (nSPS) is 12.8. The lowest BCUT2D eigenvalue weighted by molar-refractivity contribution is 0.218. The largest absolute Gasteiger partial charge is 0.383 e. The topological polar surface area (TPSA) is 20.2 Å². The van der Waals surface area contributed by atoms with Crippen molar-refractivity contribution < 1.29 is 13.9 Å². The summed E-state index contributed by atoms with van der Waals surface area (Å²) in [6.45, 7) is 0. The van der Waals surface area contributed by atoms with Crippen molar-refractivity contribution in [2.24, 2.45) is 0 Å². The van der Waals surface area contributed by atoms with Crippen LogP contribution in [0.2, 0.25) is 0 Å². The van der Waals surface area contributed by atoms with E-state index in [9.17, 15) is 13.9 Å². The van der Waals surface area contributed by atoms with Gasteiger partial charge in [0.05, 0.1) is 4.47 Å². The molecule has 0 spiro atoms. The summed E-state index contributed by atoms with van der Waals surface area (Å²) < 4.78 is 28.4. The van der Waals surface area contributed by atoms with Crippen molar-refractivity contribution in [2.45, 2.75) is 6.10 Å². The average Bonchev–Trinajstić information content (AvgIpc) is 2.86. The standard InChI is InChI=1S/C15H9BrF2OS/c16-10-7-11(17)9(6-12(10)18)15(19)14-5-8-3-1-2-4-13(8)20-14/h1-7,15,19H. The van der Waals surface area contributed by atoms with Crippen LogP contribution in [0.15, 0.2) is 46.9 Å². The Bertz CT molecular complexity index is 752. The van der Waals surface area contributed by atoms with E-state index in [1.54, 1.807) is 6.07 Å². The number of hydrogen-bond donors (Lipinski definition) is 1. The van der Waals surface area contributed by atoms with Gasteiger partial charge in [-0.15, -0.1) is 11.3 Å². The second kappa shape index (κ2) is 5.24. The predicted octanol–water partition coefficient (Wildman–Crippen LogP) is 5.02. The predicted molar refractivity (Wildman–Crippen MR) is 79.9 cm³/mol. The van der Waals surface area contributed by atoms with E-state index in [4.69, 9.17) is 0 Å². The Hall–Kier alpha value is -1.30. The lowest BCUT2D eigenvalue weighted by Gasteiger charge is -2.10. The van der Waals surface area contributed by atoms with Crippen molar-refractivity contribution in [2.75, 3.05) is 0 Å². The van der Waals surface area contributed by atoms with Gasteiger partial charge in [0.25, 0.3) is 0 Å². The molecule has 1 nitrogen and oxygen atoms in total. The van der Waals surface area contributed by atoms with Gasteiger partial charge in [-0.2, -0.15) is 0 Å². The van der Waals surface area contributed by atoms with Crippen LogP contribution in [0.1, 0.15) is 16.5 Å². The second-order valence-corrected chi connectivity index (χ2v) is 6.35. The van der Waals surface area contributed by atoms with E-state index < -0.39 is 17.7 Å². The fourth-order valence-corrected chi connectivity index (χ4v) is 3.42. The molecule has 5 heteroatoms. The van der Waals surface area contributed by atoms with Gasteiger partial charge in [0.2, 0.25) is 0 Å². The molecule has 0 aliphatic heterocycles. The summed E-state index contributed by atoms with van der Waals surface area (Å²) in [5, 5.41) is 11.3. The summed E-state index contributed by atoms with van der Waals surface area (Å²) in [7, 11) is 0. The van der Waals surface area contributed by atoms with E-state index in [1.807, 2.05) is 24.3 Å². The summed E-state index contributed by atoms with van der Waals surface area (Å²) in [6, 6.07) is 11.5. The molecular weight excluding hydrogens is 346 g/mol. The highest BCUT2D eigenvalue weighted by molar-refractivity contribution is 9.10. The maximum atomic E-state index is 13.9. The molecule has 1 aromatic heterocycles. The lowest BCUT2D eigenvalue weighted by Crippen LogP contribution is -2.02. The van der Waals surface area contributed by atoms with Crippen LogP contribution in [0.3, 0.4) is 0 Å². The molecule has 0 bridgehead atoms. The molecule has 0 radical (unpaired) electrons. The fourth-order valence-electron chi connectivity index (χ4n) is 2.04. The van der Waals surface area contributed by atoms with Gasteiger partial charge in [0, 0.05) is 15.1 Å². The van der Waals surface area contributed by atoms with Gasteiger partial charge in [-0.1, -0.05) is 18.2 Å². The van der Waals surface area contributed by atoms with Crippen molar-refractivity contribution in [1.82, 2.24) is 0 Å². The highest BCUT2D eigenvalue weighted by Crippen LogP contribution is 2.35. The van der Waals surface area contributed by atoms with Crippen LogP contribution in [0.25, 0.3) is 10.1 Å². The number of fused-ring (bicyclic) bond motifs is 1. The Balaban J connectivity index is 2.07. The number of aliphatic hydroxyl groups excluding tert-OH is 1. The third-order valence-corrected chi connectivity index (χ3v) is 4.82. The molecule has 1 atom stereocenters. The first kappa shape index (κ1) is 13.7. The third-order valence-electron chi connectivity index (χ3n) is 3.05. The molecule has 0 aliphatic rings. The quantitative estimate of drug-likeness (QED) is 0.640. The second-order valence-electron chi connectivity index (χ2n) is 4.38. The molecule has 0 saturated carbocycles. The number of halogens is 3. The van der Waals surface area contributed by atoms with Crippen molar-refractivity contribution in [3.8, 4) is 0 Å². The zero-order chi connectivity index (χ0) is 14.3. The molecule has 0 saturated heterocycles. The van der Waals surface area contributed by atoms with E-state index in [0.717, 1.165) is 22.2 Å². The highest BCUT2D eigenvalue weighted by atomic mass is 79.9. The number of benzene rings is 2. The summed E-state index contributed by atoms with van der Waals surface area (Å²) in [4.78, 5) is 0.590. The van der Waals surface area contributed by atoms with Crippen molar-refractivity contribution in [3.63, 3.8) is 0 Å². The van der Waals surface area contributed by atoms with Gasteiger partial charge in [-0.25, -0.2) is 8.78 Å². The SMILES string of the molecule is OC(c1cc2ccccc2s1)c1cc(F)c(Br)cc1F. The molecule has 1 heterocycles. The van der Waals surface area contributed by atoms with Crippen LogP contribution in [-0.4, -0.2) is 5.11 Å². The minimum atomic E-state index is -1.17. The molecule has 0 amide bonds. The van der Waals surface area contributed by atoms with Gasteiger partial charge in [-0.3, -0.25) is 0 Å². The molecule has 20 heavy (non-hydrogen) atoms. The Morgan fingerprint density at radius 3 is 2.55 bits per heavy atom. The first-order chi connectivity index (χ1) is 9.56. The molecular formula is C15H9BrF2OS. The van der Waals surface area contributed by atoms with E-state index in [0.29, 0.717) is 4.88 Å². The first-order valence-electron chi connectivity index (χ1n) is 5.87. The zero-order valence-electron chi connectivity index (χ0n) is 10.1. The van der Waals surface area contributed by atoms with Gasteiger partial charge in [-0.05, 0) is 45.6 Å². The average molecular weight is 355 g/mol. The molecule has 0 aliphatic carbocycles. The first-order valence-corrected chi connectivity index (χ1v) is 7.48. The fraction of sp³-hybridized carbons (Fsp3) is 0.0667. The monoisotopic (exact) mass is 354 g/mol. The van der Waals surface area contributed by atoms with Gasteiger partial charge in [0.15, 0.2) is 0 Å². The Kier molecular flexibility index (Phi) is 3.58.